The van der Waals surface area contributed by atoms with E-state index in [9.17, 15) is 0 Å². The van der Waals surface area contributed by atoms with Crippen LogP contribution in [0.3, 0.4) is 0 Å². The van der Waals surface area contributed by atoms with Crippen molar-refractivity contribution in [3.63, 3.8) is 0 Å². The monoisotopic (exact) mass is 416 g/mol. The van der Waals surface area contributed by atoms with E-state index in [0.717, 1.165) is 37.1 Å². The fourth-order valence-corrected chi connectivity index (χ4v) is 4.42. The second-order valence-electron chi connectivity index (χ2n) is 7.78. The highest BCUT2D eigenvalue weighted by molar-refractivity contribution is 6.30. The number of likely N-dealkylation sites (tertiary alicyclic amines) is 1. The van der Waals surface area contributed by atoms with E-state index >= 15 is 0 Å². The lowest BCUT2D eigenvalue weighted by atomic mass is 10.2. The van der Waals surface area contributed by atoms with Gasteiger partial charge in [-0.15, -0.1) is 0 Å². The predicted octanol–water partition coefficient (Wildman–Crippen LogP) is 3.46. The zero-order valence-corrected chi connectivity index (χ0v) is 17.7. The van der Waals surface area contributed by atoms with Crippen molar-refractivity contribution in [3.8, 4) is 11.4 Å². The van der Waals surface area contributed by atoms with Gasteiger partial charge in [-0.25, -0.2) is 4.99 Å². The first-order valence-electron chi connectivity index (χ1n) is 10.6. The van der Waals surface area contributed by atoms with E-state index < -0.39 is 0 Å². The van der Waals surface area contributed by atoms with E-state index in [1.807, 2.05) is 24.3 Å². The number of halogens is 1. The number of hydrogen-bond acceptors (Lipinski definition) is 5. The highest BCUT2D eigenvalue weighted by Gasteiger charge is 2.30. The molecule has 4 rings (SSSR count). The Morgan fingerprint density at radius 2 is 2.17 bits per heavy atom. The number of rotatable bonds is 6. The first-order chi connectivity index (χ1) is 14.2. The molecule has 1 atom stereocenters. The quantitative estimate of drug-likeness (QED) is 0.554. The van der Waals surface area contributed by atoms with E-state index in [4.69, 9.17) is 16.1 Å². The average Bonchev–Trinajstić information content (AvgIpc) is 3.47. The molecule has 2 aromatic rings. The third kappa shape index (κ3) is 5.28. The van der Waals surface area contributed by atoms with Crippen LogP contribution in [-0.4, -0.2) is 52.7 Å². The Balaban J connectivity index is 1.35. The van der Waals surface area contributed by atoms with Crippen LogP contribution in [0.4, 0.5) is 0 Å². The van der Waals surface area contributed by atoms with Gasteiger partial charge in [-0.2, -0.15) is 4.98 Å². The normalized spacial score (nSPS) is 21.0. The summed E-state index contributed by atoms with van der Waals surface area (Å²) in [6, 6.07) is 8.63. The lowest BCUT2D eigenvalue weighted by Crippen LogP contribution is -2.45. The molecule has 1 unspecified atom stereocenters. The van der Waals surface area contributed by atoms with Crippen LogP contribution in [0.2, 0.25) is 5.02 Å². The van der Waals surface area contributed by atoms with Gasteiger partial charge in [0.25, 0.3) is 0 Å². The molecule has 1 saturated heterocycles. The Morgan fingerprint density at radius 1 is 1.31 bits per heavy atom. The topological polar surface area (TPSA) is 78.6 Å². The Morgan fingerprint density at radius 3 is 2.97 bits per heavy atom. The summed E-state index contributed by atoms with van der Waals surface area (Å²) >= 11 is 6.04. The van der Waals surface area contributed by atoms with Gasteiger partial charge in [0.2, 0.25) is 11.7 Å². The number of nitrogens with one attached hydrogen (secondary N) is 2. The number of aliphatic imine (C=N–C) groups is 1. The van der Waals surface area contributed by atoms with Gasteiger partial charge in [-0.05, 0) is 38.3 Å². The summed E-state index contributed by atoms with van der Waals surface area (Å²) in [5.74, 6) is 1.81. The number of benzene rings is 1. The third-order valence-electron chi connectivity index (χ3n) is 5.67. The number of hydrogen-bond donors (Lipinski definition) is 2. The fraction of sp³-hybridized carbons (Fsp3) is 0.571. The summed E-state index contributed by atoms with van der Waals surface area (Å²) < 4.78 is 5.37. The first kappa shape index (κ1) is 20.2. The minimum Gasteiger partial charge on any atom is -0.357 e. The highest BCUT2D eigenvalue weighted by atomic mass is 35.5. The molecular formula is C21H29ClN6O. The molecule has 0 radical (unpaired) electrons. The second-order valence-corrected chi connectivity index (χ2v) is 8.22. The van der Waals surface area contributed by atoms with Gasteiger partial charge in [0.05, 0.1) is 0 Å². The summed E-state index contributed by atoms with van der Waals surface area (Å²) in [5.41, 5.74) is 0.833. The Bertz CT molecular complexity index is 832. The summed E-state index contributed by atoms with van der Waals surface area (Å²) in [6.07, 6.45) is 6.62. The van der Waals surface area contributed by atoms with Gasteiger partial charge in [0.1, 0.15) is 6.54 Å². The molecule has 1 aromatic carbocycles. The van der Waals surface area contributed by atoms with Crippen molar-refractivity contribution in [1.29, 1.82) is 0 Å². The molecule has 29 heavy (non-hydrogen) atoms. The highest BCUT2D eigenvalue weighted by Crippen LogP contribution is 2.26. The van der Waals surface area contributed by atoms with E-state index in [2.05, 4.69) is 37.6 Å². The van der Waals surface area contributed by atoms with Gasteiger partial charge in [-0.1, -0.05) is 41.7 Å². The SMILES string of the molecule is CCNC(=NCc1nc(-c2cccc(Cl)c2)no1)NC1CCN(C2CCCC2)C1. The molecule has 1 aliphatic heterocycles. The zero-order chi connectivity index (χ0) is 20.1. The van der Waals surface area contributed by atoms with Crippen LogP contribution < -0.4 is 10.6 Å². The molecule has 8 heteroatoms. The largest absolute Gasteiger partial charge is 0.357 e. The van der Waals surface area contributed by atoms with Crippen LogP contribution in [0.15, 0.2) is 33.8 Å². The molecule has 2 N–H and O–H groups in total. The molecule has 2 aliphatic rings. The molecule has 0 bridgehead atoms. The van der Waals surface area contributed by atoms with Gasteiger partial charge in [0, 0.05) is 42.3 Å². The van der Waals surface area contributed by atoms with Crippen LogP contribution in [-0.2, 0) is 6.54 Å². The van der Waals surface area contributed by atoms with Crippen molar-refractivity contribution in [2.24, 2.45) is 4.99 Å². The van der Waals surface area contributed by atoms with E-state index in [-0.39, 0.29) is 0 Å². The van der Waals surface area contributed by atoms with Gasteiger partial charge < -0.3 is 15.2 Å². The standard InChI is InChI=1S/C21H29ClN6O/c1-2-23-21(25-17-10-11-28(14-17)18-8-3-4-9-18)24-13-19-26-20(27-29-19)15-6-5-7-16(22)12-15/h5-7,12,17-18H,2-4,8-11,13-14H2,1H3,(H2,23,24,25). The molecular weight excluding hydrogens is 388 g/mol. The lowest BCUT2D eigenvalue weighted by Gasteiger charge is -2.24. The maximum Gasteiger partial charge on any atom is 0.248 e. The summed E-state index contributed by atoms with van der Waals surface area (Å²) in [4.78, 5) is 11.7. The molecule has 2 heterocycles. The van der Waals surface area contributed by atoms with Crippen molar-refractivity contribution in [3.05, 3.63) is 35.2 Å². The van der Waals surface area contributed by atoms with Gasteiger partial charge >= 0.3 is 0 Å². The molecule has 1 aliphatic carbocycles. The number of guanidine groups is 1. The van der Waals surface area contributed by atoms with Crippen molar-refractivity contribution in [2.75, 3.05) is 19.6 Å². The average molecular weight is 417 g/mol. The molecule has 0 amide bonds. The van der Waals surface area contributed by atoms with Crippen LogP contribution >= 0.6 is 11.6 Å². The Hall–Kier alpha value is -2.12. The van der Waals surface area contributed by atoms with Gasteiger partial charge in [0.15, 0.2) is 5.96 Å². The maximum atomic E-state index is 6.04. The molecule has 156 valence electrons. The van der Waals surface area contributed by atoms with E-state index in [1.165, 1.54) is 32.2 Å². The number of aromatic nitrogens is 2. The van der Waals surface area contributed by atoms with Crippen LogP contribution in [0.25, 0.3) is 11.4 Å². The Kier molecular flexibility index (Phi) is 6.67. The molecule has 7 nitrogen and oxygen atoms in total. The van der Waals surface area contributed by atoms with Crippen molar-refractivity contribution in [2.45, 2.75) is 57.7 Å². The number of nitrogens with zero attached hydrogens (tertiary/aromatic N) is 4. The van der Waals surface area contributed by atoms with Gasteiger partial charge in [-0.3, -0.25) is 4.90 Å². The molecule has 2 fully saturated rings. The fourth-order valence-electron chi connectivity index (χ4n) is 4.23. The Labute approximate surface area is 176 Å². The maximum absolute atomic E-state index is 6.04. The minimum absolute atomic E-state index is 0.335. The summed E-state index contributed by atoms with van der Waals surface area (Å²) in [6.45, 7) is 5.48. The second kappa shape index (κ2) is 9.59. The molecule has 1 saturated carbocycles. The predicted molar refractivity (Wildman–Crippen MR) is 115 cm³/mol. The molecule has 1 aromatic heterocycles. The third-order valence-corrected chi connectivity index (χ3v) is 5.90. The van der Waals surface area contributed by atoms with Crippen LogP contribution in [0.5, 0.6) is 0 Å². The van der Waals surface area contributed by atoms with Crippen LogP contribution in [0, 0.1) is 0 Å². The van der Waals surface area contributed by atoms with Crippen molar-refractivity contribution >= 4 is 17.6 Å². The molecule has 0 spiro atoms. The zero-order valence-electron chi connectivity index (χ0n) is 16.9. The summed E-state index contributed by atoms with van der Waals surface area (Å²) in [5, 5.41) is 11.6. The van der Waals surface area contributed by atoms with E-state index in [0.29, 0.717) is 29.3 Å². The smallest absolute Gasteiger partial charge is 0.248 e. The van der Waals surface area contributed by atoms with Crippen molar-refractivity contribution < 1.29 is 4.52 Å². The van der Waals surface area contributed by atoms with E-state index in [1.54, 1.807) is 0 Å². The minimum atomic E-state index is 0.335. The van der Waals surface area contributed by atoms with Crippen LogP contribution in [0.1, 0.15) is 44.9 Å². The van der Waals surface area contributed by atoms with Crippen molar-refractivity contribution in [1.82, 2.24) is 25.7 Å². The lowest BCUT2D eigenvalue weighted by molar-refractivity contribution is 0.242. The summed E-state index contributed by atoms with van der Waals surface area (Å²) in [7, 11) is 0. The first-order valence-corrected chi connectivity index (χ1v) is 11.0.